The summed E-state index contributed by atoms with van der Waals surface area (Å²) in [6.07, 6.45) is 57.5. The average molecular weight is 842 g/mol. The van der Waals surface area contributed by atoms with E-state index in [0.717, 1.165) is 64.2 Å². The molecule has 0 saturated heterocycles. The first-order chi connectivity index (χ1) is 29.5. The molecule has 0 heterocycles. The molecule has 0 radical (unpaired) electrons. The van der Waals surface area contributed by atoms with Crippen molar-refractivity contribution in [1.29, 1.82) is 0 Å². The van der Waals surface area contributed by atoms with Crippen LogP contribution in [0.25, 0.3) is 0 Å². The Morgan fingerprint density at radius 3 is 1.30 bits per heavy atom. The molecule has 0 fully saturated rings. The lowest BCUT2D eigenvalue weighted by Crippen LogP contribution is -2.46. The van der Waals surface area contributed by atoms with Gasteiger partial charge in [-0.25, -0.2) is 0 Å². The number of esters is 1. The third-order valence-electron chi connectivity index (χ3n) is 11.6. The van der Waals surface area contributed by atoms with Gasteiger partial charge in [0.1, 0.15) is 6.10 Å². The number of carbonyl (C=O) groups excluding carboxylic acids is 2. The van der Waals surface area contributed by atoms with Crippen molar-refractivity contribution in [3.05, 3.63) is 48.6 Å². The summed E-state index contributed by atoms with van der Waals surface area (Å²) in [6, 6.07) is -0.713. The van der Waals surface area contributed by atoms with Crippen LogP contribution in [0.5, 0.6) is 0 Å². The van der Waals surface area contributed by atoms with E-state index in [-0.39, 0.29) is 31.3 Å². The molecule has 6 heteroatoms. The molecule has 3 N–H and O–H groups in total. The Morgan fingerprint density at radius 1 is 0.483 bits per heavy atom. The second-order valence-electron chi connectivity index (χ2n) is 17.6. The van der Waals surface area contributed by atoms with Crippen LogP contribution < -0.4 is 5.32 Å². The standard InChI is InChI=1S/C54H99NO5/c1-4-7-10-13-16-19-22-24-25-26-27-29-31-33-36-39-42-45-50(60-54(59)47-44-41-38-35-32-28-23-20-17-14-11-8-5-2)48-53(58)55-51(49-56)52(57)46-43-40-37-34-30-21-18-15-12-9-6-3/h16,19,24-25,28,32,38,41,50-52,56-57H,4-15,17-18,20-23,26-27,29-31,33-37,39-40,42-49H2,1-3H3,(H,55,58)/b19-16-,25-24-,32-28-,41-38+. The number of hydrogen-bond acceptors (Lipinski definition) is 5. The molecule has 60 heavy (non-hydrogen) atoms. The summed E-state index contributed by atoms with van der Waals surface area (Å²) in [5.41, 5.74) is 0. The Hall–Kier alpha value is -2.18. The predicted octanol–water partition coefficient (Wildman–Crippen LogP) is 15.5. The molecule has 0 aliphatic heterocycles. The highest BCUT2D eigenvalue weighted by Gasteiger charge is 2.24. The van der Waals surface area contributed by atoms with E-state index in [1.54, 1.807) is 0 Å². The molecule has 3 unspecified atom stereocenters. The van der Waals surface area contributed by atoms with E-state index < -0.39 is 18.2 Å². The summed E-state index contributed by atoms with van der Waals surface area (Å²) in [5.74, 6) is -0.558. The van der Waals surface area contributed by atoms with Gasteiger partial charge in [0.05, 0.1) is 25.2 Å². The third-order valence-corrected chi connectivity index (χ3v) is 11.6. The van der Waals surface area contributed by atoms with Gasteiger partial charge in [-0.3, -0.25) is 9.59 Å². The molecule has 0 aromatic heterocycles. The summed E-state index contributed by atoms with van der Waals surface area (Å²) in [5, 5.41) is 23.7. The Morgan fingerprint density at radius 2 is 0.850 bits per heavy atom. The van der Waals surface area contributed by atoms with E-state index in [4.69, 9.17) is 4.74 Å². The van der Waals surface area contributed by atoms with Gasteiger partial charge in [-0.2, -0.15) is 0 Å². The van der Waals surface area contributed by atoms with Gasteiger partial charge in [-0.15, -0.1) is 0 Å². The molecule has 0 saturated carbocycles. The van der Waals surface area contributed by atoms with Gasteiger partial charge >= 0.3 is 5.97 Å². The Balaban J connectivity index is 4.66. The largest absolute Gasteiger partial charge is 0.462 e. The van der Waals surface area contributed by atoms with Crippen molar-refractivity contribution in [1.82, 2.24) is 5.32 Å². The van der Waals surface area contributed by atoms with E-state index in [2.05, 4.69) is 68.6 Å². The normalized spacial score (nSPS) is 13.6. The molecule has 0 aromatic rings. The molecule has 0 spiro atoms. The number of aliphatic hydroxyl groups excluding tert-OH is 2. The summed E-state index contributed by atoms with van der Waals surface area (Å²) in [4.78, 5) is 26.1. The summed E-state index contributed by atoms with van der Waals surface area (Å²) >= 11 is 0. The smallest absolute Gasteiger partial charge is 0.306 e. The van der Waals surface area contributed by atoms with Crippen molar-refractivity contribution in [2.24, 2.45) is 0 Å². The molecule has 1 amide bonds. The van der Waals surface area contributed by atoms with Crippen molar-refractivity contribution in [3.63, 3.8) is 0 Å². The molecule has 0 aliphatic rings. The minimum Gasteiger partial charge on any atom is -0.462 e. The molecule has 350 valence electrons. The Kier molecular flexibility index (Phi) is 46.1. The zero-order valence-electron chi connectivity index (χ0n) is 39.8. The maximum Gasteiger partial charge on any atom is 0.306 e. The van der Waals surface area contributed by atoms with Gasteiger partial charge in [-0.1, -0.05) is 217 Å². The highest BCUT2D eigenvalue weighted by molar-refractivity contribution is 5.77. The number of hydrogen-bond donors (Lipinski definition) is 3. The summed E-state index contributed by atoms with van der Waals surface area (Å²) in [7, 11) is 0. The SMILES string of the molecule is CCCCC/C=C\C/C=C\CCCCCCCCCC(CC(=O)NC(CO)C(O)CCCCCCCCCCCCC)OC(=O)CC/C=C/C/C=C\CCCCCCCC. The van der Waals surface area contributed by atoms with E-state index >= 15 is 0 Å². The van der Waals surface area contributed by atoms with E-state index in [1.807, 2.05) is 6.08 Å². The number of allylic oxidation sites excluding steroid dienone is 8. The first-order valence-corrected chi connectivity index (χ1v) is 25.9. The minimum absolute atomic E-state index is 0.0504. The number of rotatable bonds is 46. The summed E-state index contributed by atoms with van der Waals surface area (Å²) < 4.78 is 5.89. The average Bonchev–Trinajstić information content (AvgIpc) is 3.24. The zero-order valence-corrected chi connectivity index (χ0v) is 39.8. The van der Waals surface area contributed by atoms with Crippen LogP contribution in [0.3, 0.4) is 0 Å². The molecule has 0 aliphatic carbocycles. The second kappa shape index (κ2) is 47.9. The lowest BCUT2D eigenvalue weighted by atomic mass is 10.0. The van der Waals surface area contributed by atoms with Crippen LogP contribution >= 0.6 is 0 Å². The van der Waals surface area contributed by atoms with Crippen molar-refractivity contribution >= 4 is 11.9 Å². The highest BCUT2D eigenvalue weighted by atomic mass is 16.5. The van der Waals surface area contributed by atoms with Gasteiger partial charge in [0.25, 0.3) is 0 Å². The fraction of sp³-hybridized carbons (Fsp3) is 0.815. The molecule has 0 bridgehead atoms. The lowest BCUT2D eigenvalue weighted by molar-refractivity contribution is -0.150. The number of nitrogens with one attached hydrogen (secondary N) is 1. The van der Waals surface area contributed by atoms with Crippen LogP contribution in [0.15, 0.2) is 48.6 Å². The van der Waals surface area contributed by atoms with E-state index in [9.17, 15) is 19.8 Å². The number of ether oxygens (including phenoxy) is 1. The number of amides is 1. The van der Waals surface area contributed by atoms with E-state index in [1.165, 1.54) is 141 Å². The number of unbranched alkanes of at least 4 members (excludes halogenated alkanes) is 26. The predicted molar refractivity (Wildman–Crippen MR) is 259 cm³/mol. The van der Waals surface area contributed by atoms with Crippen LogP contribution in [0.4, 0.5) is 0 Å². The van der Waals surface area contributed by atoms with Crippen LogP contribution in [0.1, 0.15) is 258 Å². The fourth-order valence-electron chi connectivity index (χ4n) is 7.69. The Labute approximate surface area is 372 Å². The molecule has 3 atom stereocenters. The van der Waals surface area contributed by atoms with Crippen LogP contribution in [0.2, 0.25) is 0 Å². The van der Waals surface area contributed by atoms with Crippen molar-refractivity contribution in [2.75, 3.05) is 6.61 Å². The lowest BCUT2D eigenvalue weighted by Gasteiger charge is -2.24. The van der Waals surface area contributed by atoms with Gasteiger partial charge < -0.3 is 20.3 Å². The minimum atomic E-state index is -0.797. The van der Waals surface area contributed by atoms with Gasteiger partial charge in [0, 0.05) is 6.42 Å². The molecule has 6 nitrogen and oxygen atoms in total. The van der Waals surface area contributed by atoms with Crippen LogP contribution in [-0.2, 0) is 14.3 Å². The maximum atomic E-state index is 13.2. The first kappa shape index (κ1) is 57.8. The van der Waals surface area contributed by atoms with Crippen LogP contribution in [-0.4, -0.2) is 46.9 Å². The quantitative estimate of drug-likeness (QED) is 0.0322. The van der Waals surface area contributed by atoms with Crippen molar-refractivity contribution < 1.29 is 24.5 Å². The van der Waals surface area contributed by atoms with Crippen molar-refractivity contribution in [2.45, 2.75) is 277 Å². The molecular formula is C54H99NO5. The molecule has 0 aromatic carbocycles. The van der Waals surface area contributed by atoms with Crippen LogP contribution in [0, 0.1) is 0 Å². The topological polar surface area (TPSA) is 95.9 Å². The van der Waals surface area contributed by atoms with Crippen molar-refractivity contribution in [3.8, 4) is 0 Å². The maximum absolute atomic E-state index is 13.2. The van der Waals surface area contributed by atoms with Gasteiger partial charge in [0.2, 0.25) is 5.91 Å². The fourth-order valence-corrected chi connectivity index (χ4v) is 7.69. The van der Waals surface area contributed by atoms with Gasteiger partial charge in [0.15, 0.2) is 0 Å². The zero-order chi connectivity index (χ0) is 43.8. The third kappa shape index (κ3) is 42.5. The monoisotopic (exact) mass is 842 g/mol. The second-order valence-corrected chi connectivity index (χ2v) is 17.6. The van der Waals surface area contributed by atoms with E-state index in [0.29, 0.717) is 19.3 Å². The Bertz CT molecular complexity index is 1040. The number of carbonyl (C=O) groups is 2. The number of aliphatic hydroxyl groups is 2. The molecule has 0 rings (SSSR count). The first-order valence-electron chi connectivity index (χ1n) is 25.9. The summed E-state index contributed by atoms with van der Waals surface area (Å²) in [6.45, 7) is 6.43. The highest BCUT2D eigenvalue weighted by Crippen LogP contribution is 2.17. The molecular weight excluding hydrogens is 743 g/mol. The van der Waals surface area contributed by atoms with Gasteiger partial charge in [-0.05, 0) is 77.0 Å².